The summed E-state index contributed by atoms with van der Waals surface area (Å²) in [4.78, 5) is 10.7. The number of aryl methyl sites for hydroxylation is 1. The number of carbonyl (C=O) groups is 1. The molecule has 0 heterocycles. The van der Waals surface area contributed by atoms with Crippen LogP contribution >= 0.6 is 15.9 Å². The van der Waals surface area contributed by atoms with E-state index in [1.54, 1.807) is 0 Å². The molecule has 0 aliphatic rings. The average Bonchev–Trinajstić information content (AvgIpc) is 2.29. The molecule has 0 aliphatic heterocycles. The van der Waals surface area contributed by atoms with Crippen molar-refractivity contribution >= 4 is 21.8 Å². The summed E-state index contributed by atoms with van der Waals surface area (Å²) in [5, 5.41) is 2.72. The van der Waals surface area contributed by atoms with Crippen LogP contribution in [0, 0.1) is 11.8 Å². The highest BCUT2D eigenvalue weighted by molar-refractivity contribution is 9.10. The Morgan fingerprint density at radius 2 is 2.24 bits per heavy atom. The Kier molecular flexibility index (Phi) is 5.79. The van der Waals surface area contributed by atoms with Crippen molar-refractivity contribution in [2.24, 2.45) is 0 Å². The van der Waals surface area contributed by atoms with Crippen molar-refractivity contribution < 1.29 is 4.79 Å². The number of nitrogens with one attached hydrogen (secondary N) is 1. The maximum Gasteiger partial charge on any atom is 0.216 e. The highest BCUT2D eigenvalue weighted by Crippen LogP contribution is 2.16. The Morgan fingerprint density at radius 1 is 1.47 bits per heavy atom. The van der Waals surface area contributed by atoms with Crippen molar-refractivity contribution in [3.8, 4) is 11.8 Å². The molecule has 0 atom stereocenters. The highest BCUT2D eigenvalue weighted by Gasteiger charge is 1.98. The van der Waals surface area contributed by atoms with Crippen molar-refractivity contribution in [3.05, 3.63) is 33.8 Å². The van der Waals surface area contributed by atoms with Gasteiger partial charge in [0, 0.05) is 29.9 Å². The maximum atomic E-state index is 10.7. The Morgan fingerprint density at radius 3 is 2.88 bits per heavy atom. The molecule has 1 N–H and O–H groups in total. The second-order valence-electron chi connectivity index (χ2n) is 3.69. The van der Waals surface area contributed by atoms with E-state index >= 15 is 0 Å². The van der Waals surface area contributed by atoms with E-state index in [0.29, 0.717) is 13.0 Å². The van der Waals surface area contributed by atoms with Crippen molar-refractivity contribution in [2.75, 3.05) is 6.54 Å². The van der Waals surface area contributed by atoms with Gasteiger partial charge in [0.1, 0.15) is 0 Å². The van der Waals surface area contributed by atoms with Gasteiger partial charge in [-0.2, -0.15) is 0 Å². The van der Waals surface area contributed by atoms with E-state index < -0.39 is 0 Å². The molecule has 0 unspecified atom stereocenters. The molecular weight excluding hydrogens is 278 g/mol. The summed E-state index contributed by atoms with van der Waals surface area (Å²) in [5.41, 5.74) is 2.31. The van der Waals surface area contributed by atoms with Crippen LogP contribution in [0.4, 0.5) is 0 Å². The van der Waals surface area contributed by atoms with Crippen LogP contribution in [0.2, 0.25) is 0 Å². The predicted molar refractivity (Wildman–Crippen MR) is 73.7 cm³/mol. The van der Waals surface area contributed by atoms with Gasteiger partial charge in [-0.05, 0) is 30.2 Å². The fraction of sp³-hybridized carbons (Fsp3) is 0.357. The number of halogens is 1. The lowest BCUT2D eigenvalue weighted by atomic mass is 10.1. The number of benzene rings is 1. The topological polar surface area (TPSA) is 29.1 Å². The first-order valence-corrected chi connectivity index (χ1v) is 6.44. The molecule has 0 bridgehead atoms. The summed E-state index contributed by atoms with van der Waals surface area (Å²) in [6.07, 6.45) is 1.65. The zero-order valence-electron chi connectivity index (χ0n) is 10.1. The van der Waals surface area contributed by atoms with Crippen molar-refractivity contribution in [1.82, 2.24) is 5.32 Å². The Hall–Kier alpha value is -1.27. The number of hydrogen-bond acceptors (Lipinski definition) is 1. The van der Waals surface area contributed by atoms with Crippen LogP contribution in [0.25, 0.3) is 0 Å². The number of hydrogen-bond donors (Lipinski definition) is 1. The van der Waals surface area contributed by atoms with Gasteiger partial charge in [0.2, 0.25) is 5.91 Å². The van der Waals surface area contributed by atoms with Crippen molar-refractivity contribution in [3.63, 3.8) is 0 Å². The van der Waals surface area contributed by atoms with Gasteiger partial charge in [0.05, 0.1) is 0 Å². The molecule has 90 valence electrons. The molecule has 0 radical (unpaired) electrons. The maximum absolute atomic E-state index is 10.7. The lowest BCUT2D eigenvalue weighted by Gasteiger charge is -2.01. The Labute approximate surface area is 111 Å². The monoisotopic (exact) mass is 293 g/mol. The molecule has 0 saturated heterocycles. The van der Waals surface area contributed by atoms with Gasteiger partial charge in [-0.1, -0.05) is 34.7 Å². The third kappa shape index (κ3) is 5.06. The summed E-state index contributed by atoms with van der Waals surface area (Å²) in [6.45, 7) is 4.24. The van der Waals surface area contributed by atoms with Crippen molar-refractivity contribution in [2.45, 2.75) is 26.7 Å². The van der Waals surface area contributed by atoms with Gasteiger partial charge >= 0.3 is 0 Å². The van der Waals surface area contributed by atoms with Gasteiger partial charge in [-0.25, -0.2) is 0 Å². The quantitative estimate of drug-likeness (QED) is 0.674. The minimum atomic E-state index is -0.00955. The Balaban J connectivity index is 2.62. The van der Waals surface area contributed by atoms with Crippen LogP contribution < -0.4 is 5.32 Å². The molecule has 1 rings (SSSR count). The van der Waals surface area contributed by atoms with E-state index in [9.17, 15) is 4.79 Å². The standard InChI is InChI=1S/C14H16BrNO/c1-3-12-10-14(15)8-7-13(12)6-4-5-9-16-11(2)17/h7-8,10H,3,5,9H2,1-2H3,(H,16,17). The van der Waals surface area contributed by atoms with Crippen LogP contribution in [0.3, 0.4) is 0 Å². The minimum Gasteiger partial charge on any atom is -0.355 e. The number of amides is 1. The second kappa shape index (κ2) is 7.13. The predicted octanol–water partition coefficient (Wildman–Crippen LogP) is 2.89. The summed E-state index contributed by atoms with van der Waals surface area (Å²) < 4.78 is 1.08. The lowest BCUT2D eigenvalue weighted by Crippen LogP contribution is -2.20. The van der Waals surface area contributed by atoms with Gasteiger partial charge in [0.15, 0.2) is 0 Å². The fourth-order valence-electron chi connectivity index (χ4n) is 1.44. The molecule has 0 fully saturated rings. The second-order valence-corrected chi connectivity index (χ2v) is 4.61. The SMILES string of the molecule is CCc1cc(Br)ccc1C#CCCNC(C)=O. The molecular formula is C14H16BrNO. The fourth-order valence-corrected chi connectivity index (χ4v) is 1.84. The largest absolute Gasteiger partial charge is 0.355 e. The first kappa shape index (κ1) is 13.8. The number of rotatable bonds is 3. The third-order valence-corrected chi connectivity index (χ3v) is 2.79. The number of carbonyl (C=O) groups excluding carboxylic acids is 1. The minimum absolute atomic E-state index is 0.00955. The van der Waals surface area contributed by atoms with Gasteiger partial charge in [-0.3, -0.25) is 4.79 Å². The Bertz CT molecular complexity index is 457. The molecule has 2 nitrogen and oxygen atoms in total. The molecule has 0 aliphatic carbocycles. The van der Waals surface area contributed by atoms with Crippen LogP contribution in [0.5, 0.6) is 0 Å². The molecule has 1 aromatic carbocycles. The molecule has 1 amide bonds. The van der Waals surface area contributed by atoms with Gasteiger partial charge in [0.25, 0.3) is 0 Å². The van der Waals surface area contributed by atoms with Gasteiger partial charge in [-0.15, -0.1) is 0 Å². The van der Waals surface area contributed by atoms with Crippen LogP contribution in [0.1, 0.15) is 31.4 Å². The third-order valence-electron chi connectivity index (χ3n) is 2.30. The molecule has 0 saturated carbocycles. The van der Waals surface area contributed by atoms with Crippen LogP contribution in [-0.2, 0) is 11.2 Å². The highest BCUT2D eigenvalue weighted by atomic mass is 79.9. The summed E-state index contributed by atoms with van der Waals surface area (Å²) in [6, 6.07) is 6.11. The molecule has 0 spiro atoms. The lowest BCUT2D eigenvalue weighted by molar-refractivity contribution is -0.118. The normalized spacial score (nSPS) is 9.35. The van der Waals surface area contributed by atoms with E-state index in [1.165, 1.54) is 12.5 Å². The van der Waals surface area contributed by atoms with E-state index in [1.807, 2.05) is 12.1 Å². The first-order valence-electron chi connectivity index (χ1n) is 5.65. The zero-order chi connectivity index (χ0) is 12.7. The van der Waals surface area contributed by atoms with Crippen molar-refractivity contribution in [1.29, 1.82) is 0 Å². The summed E-state index contributed by atoms with van der Waals surface area (Å²) >= 11 is 3.45. The van der Waals surface area contributed by atoms with E-state index in [4.69, 9.17) is 0 Å². The molecule has 0 aromatic heterocycles. The van der Waals surface area contributed by atoms with E-state index in [-0.39, 0.29) is 5.91 Å². The molecule has 3 heteroatoms. The van der Waals surface area contributed by atoms with Crippen LogP contribution in [-0.4, -0.2) is 12.5 Å². The smallest absolute Gasteiger partial charge is 0.216 e. The average molecular weight is 294 g/mol. The van der Waals surface area contributed by atoms with Gasteiger partial charge < -0.3 is 5.32 Å². The van der Waals surface area contributed by atoms with E-state index in [2.05, 4.69) is 46.1 Å². The molecule has 1 aromatic rings. The van der Waals surface area contributed by atoms with E-state index in [0.717, 1.165) is 16.5 Å². The molecule has 17 heavy (non-hydrogen) atoms. The zero-order valence-corrected chi connectivity index (χ0v) is 11.7. The summed E-state index contributed by atoms with van der Waals surface area (Å²) in [7, 11) is 0. The van der Waals surface area contributed by atoms with Crippen LogP contribution in [0.15, 0.2) is 22.7 Å². The first-order chi connectivity index (χ1) is 8.13. The summed E-state index contributed by atoms with van der Waals surface area (Å²) in [5.74, 6) is 6.20.